The molecule has 0 fully saturated rings. The van der Waals surface area contributed by atoms with Gasteiger partial charge in [-0.3, -0.25) is 4.79 Å². The summed E-state index contributed by atoms with van der Waals surface area (Å²) in [4.78, 5) is 11.8. The normalized spacial score (nSPS) is 17.4. The lowest BCUT2D eigenvalue weighted by Gasteiger charge is -2.26. The first-order valence-corrected chi connectivity index (χ1v) is 6.65. The van der Waals surface area contributed by atoms with Crippen molar-refractivity contribution in [2.24, 2.45) is 17.6 Å². The van der Waals surface area contributed by atoms with Crippen molar-refractivity contribution in [3.05, 3.63) is 0 Å². The van der Waals surface area contributed by atoms with Crippen LogP contribution in [0.3, 0.4) is 0 Å². The Bertz CT molecular complexity index is 233. The van der Waals surface area contributed by atoms with Crippen LogP contribution in [0.5, 0.6) is 0 Å². The zero-order chi connectivity index (χ0) is 13.6. The van der Waals surface area contributed by atoms with E-state index < -0.39 is 5.60 Å². The smallest absolute Gasteiger partial charge is 0.310 e. The van der Waals surface area contributed by atoms with E-state index in [1.165, 1.54) is 0 Å². The number of carbonyl (C=O) groups excluding carboxylic acids is 1. The minimum Gasteiger partial charge on any atom is -0.460 e. The molecule has 0 saturated carbocycles. The maximum absolute atomic E-state index is 11.8. The van der Waals surface area contributed by atoms with Crippen LogP contribution in [0.1, 0.15) is 60.8 Å². The van der Waals surface area contributed by atoms with Crippen molar-refractivity contribution in [3.63, 3.8) is 0 Å². The Morgan fingerprint density at radius 1 is 1.29 bits per heavy atom. The van der Waals surface area contributed by atoms with Crippen LogP contribution in [0.2, 0.25) is 0 Å². The van der Waals surface area contributed by atoms with Gasteiger partial charge in [0.1, 0.15) is 5.60 Å². The number of carbonyl (C=O) groups is 1. The Hall–Kier alpha value is -0.570. The quantitative estimate of drug-likeness (QED) is 0.729. The molecule has 0 heterocycles. The van der Waals surface area contributed by atoms with Gasteiger partial charge >= 0.3 is 5.97 Å². The van der Waals surface area contributed by atoms with Gasteiger partial charge in [-0.25, -0.2) is 0 Å². The summed E-state index contributed by atoms with van der Waals surface area (Å²) in [5.74, 6) is 0.155. The number of nitrogens with two attached hydrogens (primary N) is 1. The van der Waals surface area contributed by atoms with Crippen molar-refractivity contribution in [1.29, 1.82) is 0 Å². The molecule has 0 aromatic heterocycles. The molecule has 0 rings (SSSR count). The van der Waals surface area contributed by atoms with Crippen molar-refractivity contribution >= 4 is 5.97 Å². The molecule has 0 spiro atoms. The number of hydrogen-bond acceptors (Lipinski definition) is 3. The summed E-state index contributed by atoms with van der Waals surface area (Å²) in [6.07, 6.45) is 3.21. The Morgan fingerprint density at radius 2 is 1.82 bits per heavy atom. The van der Waals surface area contributed by atoms with Crippen LogP contribution in [0, 0.1) is 11.8 Å². The molecule has 0 bridgehead atoms. The molecule has 3 unspecified atom stereocenters. The average Bonchev–Trinajstić information content (AvgIpc) is 2.13. The van der Waals surface area contributed by atoms with Gasteiger partial charge in [0.25, 0.3) is 0 Å². The minimum atomic E-state index is -0.430. The zero-order valence-corrected chi connectivity index (χ0v) is 12.2. The lowest BCUT2D eigenvalue weighted by Crippen LogP contribution is -2.38. The molecule has 2 N–H and O–H groups in total. The molecule has 0 aliphatic rings. The van der Waals surface area contributed by atoms with Crippen molar-refractivity contribution in [3.8, 4) is 0 Å². The molecule has 0 aliphatic heterocycles. The Labute approximate surface area is 106 Å². The SMILES string of the molecule is CCCC(C)CC(N)C(C)C(=O)OC(C)(C)C. The molecule has 17 heavy (non-hydrogen) atoms. The molecule has 3 heteroatoms. The van der Waals surface area contributed by atoms with E-state index >= 15 is 0 Å². The van der Waals surface area contributed by atoms with Gasteiger partial charge in [-0.15, -0.1) is 0 Å². The van der Waals surface area contributed by atoms with E-state index in [0.29, 0.717) is 5.92 Å². The van der Waals surface area contributed by atoms with E-state index in [9.17, 15) is 4.79 Å². The Morgan fingerprint density at radius 3 is 2.24 bits per heavy atom. The third-order valence-corrected chi connectivity index (χ3v) is 2.88. The predicted octanol–water partition coefficient (Wildman–Crippen LogP) is 3.12. The molecule has 0 aromatic rings. The van der Waals surface area contributed by atoms with Gasteiger partial charge in [-0.05, 0) is 33.1 Å². The molecule has 102 valence electrons. The van der Waals surface area contributed by atoms with Crippen LogP contribution in [0.4, 0.5) is 0 Å². The first kappa shape index (κ1) is 16.4. The topological polar surface area (TPSA) is 52.3 Å². The van der Waals surface area contributed by atoms with Gasteiger partial charge in [-0.2, -0.15) is 0 Å². The maximum Gasteiger partial charge on any atom is 0.310 e. The standard InChI is InChI=1S/C14H29NO2/c1-7-8-10(2)9-12(15)11(3)13(16)17-14(4,5)6/h10-12H,7-9,15H2,1-6H3. The van der Waals surface area contributed by atoms with Gasteiger partial charge in [0.15, 0.2) is 0 Å². The second-order valence-electron chi connectivity index (χ2n) is 6.12. The fourth-order valence-electron chi connectivity index (χ4n) is 1.85. The second-order valence-corrected chi connectivity index (χ2v) is 6.12. The molecule has 3 nitrogen and oxygen atoms in total. The highest BCUT2D eigenvalue weighted by atomic mass is 16.6. The first-order chi connectivity index (χ1) is 7.67. The van der Waals surface area contributed by atoms with Crippen LogP contribution in [0.15, 0.2) is 0 Å². The van der Waals surface area contributed by atoms with Gasteiger partial charge in [0, 0.05) is 6.04 Å². The van der Waals surface area contributed by atoms with Crippen molar-refractivity contribution in [2.45, 2.75) is 72.4 Å². The van der Waals surface area contributed by atoms with Gasteiger partial charge < -0.3 is 10.5 Å². The van der Waals surface area contributed by atoms with Crippen LogP contribution < -0.4 is 5.73 Å². The third kappa shape index (κ3) is 7.37. The number of hydrogen-bond donors (Lipinski definition) is 1. The fraction of sp³-hybridized carbons (Fsp3) is 0.929. The summed E-state index contributed by atoms with van der Waals surface area (Å²) >= 11 is 0. The molecule has 0 aliphatic carbocycles. The van der Waals surface area contributed by atoms with Gasteiger partial charge in [0.05, 0.1) is 5.92 Å². The molecular weight excluding hydrogens is 214 g/mol. The predicted molar refractivity (Wildman–Crippen MR) is 71.7 cm³/mol. The minimum absolute atomic E-state index is 0.105. The van der Waals surface area contributed by atoms with Gasteiger partial charge in [-0.1, -0.05) is 33.6 Å². The summed E-state index contributed by atoms with van der Waals surface area (Å²) in [5, 5.41) is 0. The van der Waals surface area contributed by atoms with E-state index in [0.717, 1.165) is 19.3 Å². The maximum atomic E-state index is 11.8. The summed E-state index contributed by atoms with van der Waals surface area (Å²) in [7, 11) is 0. The molecular formula is C14H29NO2. The molecule has 0 amide bonds. The van der Waals surface area contributed by atoms with E-state index in [-0.39, 0.29) is 17.9 Å². The zero-order valence-electron chi connectivity index (χ0n) is 12.2. The van der Waals surface area contributed by atoms with E-state index in [4.69, 9.17) is 10.5 Å². The van der Waals surface area contributed by atoms with Gasteiger partial charge in [0.2, 0.25) is 0 Å². The lowest BCUT2D eigenvalue weighted by molar-refractivity contribution is -0.160. The third-order valence-electron chi connectivity index (χ3n) is 2.88. The summed E-state index contributed by atoms with van der Waals surface area (Å²) in [5.41, 5.74) is 5.64. The largest absolute Gasteiger partial charge is 0.460 e. The lowest BCUT2D eigenvalue weighted by atomic mass is 9.91. The van der Waals surface area contributed by atoms with E-state index in [1.807, 2.05) is 27.7 Å². The van der Waals surface area contributed by atoms with E-state index in [2.05, 4.69) is 13.8 Å². The first-order valence-electron chi connectivity index (χ1n) is 6.65. The van der Waals surface area contributed by atoms with Crippen LogP contribution in [-0.4, -0.2) is 17.6 Å². The molecule has 0 saturated heterocycles. The fourth-order valence-corrected chi connectivity index (χ4v) is 1.85. The van der Waals surface area contributed by atoms with Crippen LogP contribution >= 0.6 is 0 Å². The highest BCUT2D eigenvalue weighted by Gasteiger charge is 2.27. The Kier molecular flexibility index (Phi) is 6.76. The summed E-state index contributed by atoms with van der Waals surface area (Å²) in [6, 6.07) is -0.105. The molecule has 3 atom stereocenters. The summed E-state index contributed by atoms with van der Waals surface area (Å²) in [6.45, 7) is 11.8. The second kappa shape index (κ2) is 7.00. The van der Waals surface area contributed by atoms with Crippen LogP contribution in [-0.2, 0) is 9.53 Å². The monoisotopic (exact) mass is 243 g/mol. The van der Waals surface area contributed by atoms with Crippen molar-refractivity contribution in [1.82, 2.24) is 0 Å². The van der Waals surface area contributed by atoms with E-state index in [1.54, 1.807) is 0 Å². The molecule has 0 radical (unpaired) electrons. The average molecular weight is 243 g/mol. The number of esters is 1. The summed E-state index contributed by atoms with van der Waals surface area (Å²) < 4.78 is 5.34. The number of ether oxygens (including phenoxy) is 1. The highest BCUT2D eigenvalue weighted by Crippen LogP contribution is 2.19. The Balaban J connectivity index is 4.20. The van der Waals surface area contributed by atoms with Crippen molar-refractivity contribution < 1.29 is 9.53 Å². The van der Waals surface area contributed by atoms with Crippen molar-refractivity contribution in [2.75, 3.05) is 0 Å². The number of rotatable bonds is 6. The molecule has 0 aromatic carbocycles. The highest BCUT2D eigenvalue weighted by molar-refractivity contribution is 5.73. The van der Waals surface area contributed by atoms with Crippen LogP contribution in [0.25, 0.3) is 0 Å².